The summed E-state index contributed by atoms with van der Waals surface area (Å²) in [4.78, 5) is 33.3. The Balaban J connectivity index is 1.15. The molecule has 0 aliphatic carbocycles. The second-order valence-electron chi connectivity index (χ2n) is 10.9. The van der Waals surface area contributed by atoms with E-state index in [1.54, 1.807) is 30.5 Å². The van der Waals surface area contributed by atoms with E-state index >= 15 is 0 Å². The van der Waals surface area contributed by atoms with Gasteiger partial charge in [-0.2, -0.15) is 5.10 Å². The van der Waals surface area contributed by atoms with Crippen molar-refractivity contribution in [3.8, 4) is 22.8 Å². The third-order valence-corrected chi connectivity index (χ3v) is 7.72. The zero-order valence-corrected chi connectivity index (χ0v) is 28.6. The molecule has 5 rings (SSSR count). The summed E-state index contributed by atoms with van der Waals surface area (Å²) in [5.74, 6) is -0.694. The summed E-state index contributed by atoms with van der Waals surface area (Å²) in [6.45, 7) is 3.57. The Morgan fingerprint density at radius 3 is 2.31 bits per heavy atom. The van der Waals surface area contributed by atoms with Gasteiger partial charge in [0.1, 0.15) is 31.2 Å². The summed E-state index contributed by atoms with van der Waals surface area (Å²) < 4.78 is 53.1. The number of thioether (sulfide) groups is 1. The third kappa shape index (κ3) is 11.4. The number of nitrogens with one attached hydrogen (secondary N) is 2. The molecular formula is C36H32F3N7O5S. The quantitative estimate of drug-likeness (QED) is 0.0447. The van der Waals surface area contributed by atoms with Crippen LogP contribution in [0.25, 0.3) is 17.1 Å². The third-order valence-electron chi connectivity index (χ3n) is 7.03. The van der Waals surface area contributed by atoms with Crippen molar-refractivity contribution in [2.75, 3.05) is 12.5 Å². The number of aliphatic imine (C=N–C) groups is 1. The van der Waals surface area contributed by atoms with E-state index in [2.05, 4.69) is 30.7 Å². The van der Waals surface area contributed by atoms with E-state index < -0.39 is 18.4 Å². The van der Waals surface area contributed by atoms with Gasteiger partial charge in [0, 0.05) is 5.56 Å². The Morgan fingerprint density at radius 1 is 0.904 bits per heavy atom. The average Bonchev–Trinajstić information content (AvgIpc) is 3.62. The lowest BCUT2D eigenvalue weighted by Gasteiger charge is -2.10. The first kappa shape index (κ1) is 37.1. The molecule has 16 heteroatoms. The topological polar surface area (TPSA) is 141 Å². The lowest BCUT2D eigenvalue weighted by molar-refractivity contribution is -0.274. The van der Waals surface area contributed by atoms with Gasteiger partial charge in [0.05, 0.1) is 17.6 Å². The first-order valence-electron chi connectivity index (χ1n) is 15.6. The van der Waals surface area contributed by atoms with Crippen LogP contribution in [0.15, 0.2) is 113 Å². The van der Waals surface area contributed by atoms with Gasteiger partial charge >= 0.3 is 18.4 Å². The van der Waals surface area contributed by atoms with Crippen molar-refractivity contribution in [1.29, 1.82) is 0 Å². The highest BCUT2D eigenvalue weighted by Crippen LogP contribution is 2.25. The number of amidine groups is 1. The number of nitrogens with zero attached hydrogens (tertiary/aromatic N) is 5. The molecule has 1 heterocycles. The van der Waals surface area contributed by atoms with Gasteiger partial charge in [0.15, 0.2) is 11.0 Å². The maximum absolute atomic E-state index is 12.5. The summed E-state index contributed by atoms with van der Waals surface area (Å²) in [7, 11) is 0. The van der Waals surface area contributed by atoms with Crippen LogP contribution < -0.4 is 15.5 Å². The van der Waals surface area contributed by atoms with Gasteiger partial charge in [-0.15, -0.1) is 18.3 Å². The first-order valence-corrected chi connectivity index (χ1v) is 16.6. The van der Waals surface area contributed by atoms with Crippen LogP contribution >= 0.6 is 11.8 Å². The van der Waals surface area contributed by atoms with E-state index in [1.165, 1.54) is 35.3 Å². The molecule has 0 aliphatic rings. The van der Waals surface area contributed by atoms with E-state index in [9.17, 15) is 22.8 Å². The molecule has 12 nitrogen and oxygen atoms in total. The molecule has 1 amide bonds. The zero-order valence-electron chi connectivity index (χ0n) is 27.8. The number of hydrogen-bond donors (Lipinski definition) is 2. The van der Waals surface area contributed by atoms with Crippen molar-refractivity contribution in [2.24, 2.45) is 10.1 Å². The lowest BCUT2D eigenvalue weighted by Crippen LogP contribution is -2.31. The van der Waals surface area contributed by atoms with Gasteiger partial charge in [-0.25, -0.2) is 19.5 Å². The zero-order chi connectivity index (χ0) is 36.9. The summed E-state index contributed by atoms with van der Waals surface area (Å²) in [5.41, 5.74) is 8.30. The minimum atomic E-state index is -4.77. The minimum Gasteiger partial charge on any atom is -0.453 e. The van der Waals surface area contributed by atoms with E-state index in [0.717, 1.165) is 39.7 Å². The van der Waals surface area contributed by atoms with E-state index in [1.807, 2.05) is 62.4 Å². The normalized spacial score (nSPS) is 11.7. The molecule has 0 bridgehead atoms. The smallest absolute Gasteiger partial charge is 0.453 e. The lowest BCUT2D eigenvalue weighted by atomic mass is 10.1. The fourth-order valence-corrected chi connectivity index (χ4v) is 5.07. The van der Waals surface area contributed by atoms with Gasteiger partial charge < -0.3 is 19.5 Å². The Morgan fingerprint density at radius 2 is 1.62 bits per heavy atom. The molecule has 268 valence electrons. The summed E-state index contributed by atoms with van der Waals surface area (Å²) in [6, 6.07) is 27.4. The number of rotatable bonds is 12. The molecule has 0 radical (unpaired) electrons. The van der Waals surface area contributed by atoms with Crippen LogP contribution in [0.1, 0.15) is 22.3 Å². The Kier molecular flexibility index (Phi) is 12.6. The maximum atomic E-state index is 12.5. The first-order chi connectivity index (χ1) is 25.0. The Hall–Kier alpha value is -6.16. The molecule has 2 N–H and O–H groups in total. The van der Waals surface area contributed by atoms with E-state index in [-0.39, 0.29) is 24.8 Å². The van der Waals surface area contributed by atoms with Crippen molar-refractivity contribution in [1.82, 2.24) is 25.5 Å². The summed E-state index contributed by atoms with van der Waals surface area (Å²) in [5, 5.41) is 11.5. The number of halogens is 3. The molecular weight excluding hydrogens is 700 g/mol. The maximum Gasteiger partial charge on any atom is 0.573 e. The van der Waals surface area contributed by atoms with Crippen molar-refractivity contribution < 1.29 is 37.0 Å². The predicted molar refractivity (Wildman–Crippen MR) is 190 cm³/mol. The molecule has 0 aliphatic heterocycles. The van der Waals surface area contributed by atoms with Crippen LogP contribution in [0.2, 0.25) is 0 Å². The molecule has 52 heavy (non-hydrogen) atoms. The van der Waals surface area contributed by atoms with Gasteiger partial charge in [-0.05, 0) is 72.1 Å². The number of carbonyl (C=O) groups is 2. The molecule has 0 atom stereocenters. The largest absolute Gasteiger partial charge is 0.573 e. The fourth-order valence-electron chi connectivity index (χ4n) is 4.49. The highest BCUT2D eigenvalue weighted by Gasteiger charge is 2.31. The molecule has 0 unspecified atom stereocenters. The van der Waals surface area contributed by atoms with Crippen LogP contribution in [-0.2, 0) is 20.9 Å². The second-order valence-corrected chi connectivity index (χ2v) is 11.8. The van der Waals surface area contributed by atoms with Crippen LogP contribution in [0.5, 0.6) is 5.75 Å². The number of hydrogen-bond acceptors (Lipinski definition) is 10. The number of aryl methyl sites for hydroxylation is 2. The van der Waals surface area contributed by atoms with E-state index in [0.29, 0.717) is 22.2 Å². The van der Waals surface area contributed by atoms with Crippen LogP contribution in [0.3, 0.4) is 0 Å². The summed E-state index contributed by atoms with van der Waals surface area (Å²) >= 11 is 1.10. The van der Waals surface area contributed by atoms with Crippen LogP contribution in [-0.4, -0.2) is 57.1 Å². The van der Waals surface area contributed by atoms with Gasteiger partial charge in [0.25, 0.3) is 0 Å². The number of alkyl halides is 3. The minimum absolute atomic E-state index is 0.0716. The van der Waals surface area contributed by atoms with Crippen molar-refractivity contribution >= 4 is 40.9 Å². The molecule has 0 spiro atoms. The Labute approximate surface area is 300 Å². The fraction of sp³-hybridized carbons (Fsp3) is 0.167. The Bertz CT molecular complexity index is 2000. The number of hydrazone groups is 1. The van der Waals surface area contributed by atoms with Crippen molar-refractivity contribution in [3.05, 3.63) is 126 Å². The predicted octanol–water partition coefficient (Wildman–Crippen LogP) is 7.22. The molecule has 0 saturated carbocycles. The van der Waals surface area contributed by atoms with Gasteiger partial charge in [0.2, 0.25) is 0 Å². The SMILES string of the molecule is Cc1cccc(C)c1N=C(N/N=C\c1ccc(-c2ncn(-c3ccc(OC(F)(F)F)cc3)n2)cc1)SCOC(=O)CNC(=O)OCc1ccccc1. The monoisotopic (exact) mass is 731 g/mol. The molecule has 1 aromatic heterocycles. The highest BCUT2D eigenvalue weighted by molar-refractivity contribution is 8.13. The number of alkyl carbamates (subject to hydrolysis) is 1. The van der Waals surface area contributed by atoms with Crippen LogP contribution in [0.4, 0.5) is 23.7 Å². The number of aromatic nitrogens is 3. The number of esters is 1. The van der Waals surface area contributed by atoms with Gasteiger partial charge in [-0.1, -0.05) is 72.8 Å². The molecule has 0 fully saturated rings. The number of benzene rings is 4. The number of ether oxygens (including phenoxy) is 3. The molecule has 5 aromatic rings. The summed E-state index contributed by atoms with van der Waals surface area (Å²) in [6.07, 6.45) is -2.48. The number of para-hydroxylation sites is 1. The molecule has 0 saturated heterocycles. The standard InChI is InChI=1S/C36H32F3N7O5S/c1-24-7-6-8-25(2)32(24)43-34(52-23-50-31(47)20-40-35(48)49-21-27-9-4-3-5-10-27)44-42-19-26-11-13-28(14-12-26)33-41-22-46(45-33)29-15-17-30(18-16-29)51-36(37,38)39/h3-19,22H,20-21,23H2,1-2H3,(H,40,48)(H,43,44)/b42-19-. The second kappa shape index (κ2) is 17.7. The van der Waals surface area contributed by atoms with Crippen molar-refractivity contribution in [3.63, 3.8) is 0 Å². The average molecular weight is 732 g/mol. The number of carbonyl (C=O) groups excluding carboxylic acids is 2. The molecule has 4 aromatic carbocycles. The van der Waals surface area contributed by atoms with Gasteiger partial charge in [-0.3, -0.25) is 10.2 Å². The highest BCUT2D eigenvalue weighted by atomic mass is 32.2. The van der Waals surface area contributed by atoms with Crippen molar-refractivity contribution in [2.45, 2.75) is 26.8 Å². The van der Waals surface area contributed by atoms with Crippen LogP contribution in [0, 0.1) is 13.8 Å². The number of amides is 1. The van der Waals surface area contributed by atoms with E-state index in [4.69, 9.17) is 14.5 Å².